The van der Waals surface area contributed by atoms with E-state index in [0.29, 0.717) is 22.6 Å². The van der Waals surface area contributed by atoms with Gasteiger partial charge in [-0.1, -0.05) is 18.2 Å². The molecule has 9 heteroatoms. The number of imidazole rings is 2. The highest BCUT2D eigenvalue weighted by Crippen LogP contribution is 2.26. The number of anilines is 1. The van der Waals surface area contributed by atoms with E-state index in [1.54, 1.807) is 12.4 Å². The maximum atomic E-state index is 11.9. The lowest BCUT2D eigenvalue weighted by Crippen LogP contribution is -2.15. The van der Waals surface area contributed by atoms with E-state index in [4.69, 9.17) is 4.98 Å². The summed E-state index contributed by atoms with van der Waals surface area (Å²) in [5.41, 5.74) is 3.41. The second kappa shape index (κ2) is 6.31. The zero-order valence-corrected chi connectivity index (χ0v) is 14.9. The average Bonchev–Trinajstić information content (AvgIpc) is 3.33. The molecule has 0 spiro atoms. The molecule has 1 aromatic carbocycles. The van der Waals surface area contributed by atoms with E-state index in [1.165, 1.54) is 12.4 Å². The lowest BCUT2D eigenvalue weighted by Gasteiger charge is -2.16. The standard InChI is InChI=1S/C19H16N8O/c1-11(24-17-15-16(21-9-20-15)22-10-23-17)18-25-13-7-8-14(28)26-19(13)27(18)12-5-3-2-4-6-12/h2-11H,1H3,(H,26,28)(H2,20,21,22,23,24). The van der Waals surface area contributed by atoms with E-state index in [-0.39, 0.29) is 11.6 Å². The molecular weight excluding hydrogens is 356 g/mol. The quantitative estimate of drug-likeness (QED) is 0.446. The highest BCUT2D eigenvalue weighted by atomic mass is 16.1. The molecule has 138 valence electrons. The number of hydrogen-bond acceptors (Lipinski definition) is 6. The summed E-state index contributed by atoms with van der Waals surface area (Å²) < 4.78 is 1.94. The van der Waals surface area contributed by atoms with Crippen molar-refractivity contribution in [3.05, 3.63) is 71.3 Å². The van der Waals surface area contributed by atoms with Gasteiger partial charge in [0, 0.05) is 11.8 Å². The summed E-state index contributed by atoms with van der Waals surface area (Å²) in [7, 11) is 0. The van der Waals surface area contributed by atoms with E-state index in [1.807, 2.05) is 41.8 Å². The van der Waals surface area contributed by atoms with E-state index in [0.717, 1.165) is 17.0 Å². The first-order chi connectivity index (χ1) is 13.7. The summed E-state index contributed by atoms with van der Waals surface area (Å²) in [6.07, 6.45) is 3.05. The predicted octanol–water partition coefficient (Wildman–Crippen LogP) is 2.55. The van der Waals surface area contributed by atoms with E-state index < -0.39 is 0 Å². The molecule has 1 unspecified atom stereocenters. The lowest BCUT2D eigenvalue weighted by atomic mass is 10.2. The summed E-state index contributed by atoms with van der Waals surface area (Å²) in [4.78, 5) is 35.2. The van der Waals surface area contributed by atoms with Crippen LogP contribution in [-0.2, 0) is 0 Å². The summed E-state index contributed by atoms with van der Waals surface area (Å²) in [6, 6.07) is 12.8. The second-order valence-electron chi connectivity index (χ2n) is 6.39. The van der Waals surface area contributed by atoms with Gasteiger partial charge in [0.25, 0.3) is 0 Å². The number of nitrogens with one attached hydrogen (secondary N) is 3. The van der Waals surface area contributed by atoms with Crippen LogP contribution in [0, 0.1) is 0 Å². The van der Waals surface area contributed by atoms with Gasteiger partial charge in [0.2, 0.25) is 5.56 Å². The fraction of sp³-hybridized carbons (Fsp3) is 0.105. The Labute approximate surface area is 158 Å². The molecule has 0 saturated carbocycles. The van der Waals surface area contributed by atoms with Gasteiger partial charge in [0.05, 0.1) is 12.4 Å². The Morgan fingerprint density at radius 3 is 2.79 bits per heavy atom. The second-order valence-corrected chi connectivity index (χ2v) is 6.39. The summed E-state index contributed by atoms with van der Waals surface area (Å²) >= 11 is 0. The van der Waals surface area contributed by atoms with Crippen molar-refractivity contribution in [3.8, 4) is 5.69 Å². The lowest BCUT2D eigenvalue weighted by molar-refractivity contribution is 0.767. The number of H-pyrrole nitrogens is 2. The number of benzene rings is 1. The minimum atomic E-state index is -0.211. The van der Waals surface area contributed by atoms with Gasteiger partial charge in [-0.25, -0.2) is 19.9 Å². The van der Waals surface area contributed by atoms with Crippen molar-refractivity contribution in [2.24, 2.45) is 0 Å². The molecule has 0 aliphatic carbocycles. The molecule has 0 fully saturated rings. The molecule has 9 nitrogen and oxygen atoms in total. The number of para-hydroxylation sites is 1. The van der Waals surface area contributed by atoms with Crippen LogP contribution in [0.5, 0.6) is 0 Å². The van der Waals surface area contributed by atoms with Crippen LogP contribution >= 0.6 is 0 Å². The summed E-state index contributed by atoms with van der Waals surface area (Å²) in [5.74, 6) is 1.38. The Hall–Kier alpha value is -4.01. The Balaban J connectivity index is 1.66. The number of fused-ring (bicyclic) bond motifs is 2. The SMILES string of the molecule is CC(Nc1ncnc2nc[nH]c12)c1nc2ccc(=O)[nH]c2n1-c1ccccc1. The topological polar surface area (TPSA) is 117 Å². The Bertz CT molecular complexity index is 1330. The maximum Gasteiger partial charge on any atom is 0.249 e. The van der Waals surface area contributed by atoms with Gasteiger partial charge in [-0.3, -0.25) is 9.36 Å². The van der Waals surface area contributed by atoms with Gasteiger partial charge in [-0.05, 0) is 25.1 Å². The van der Waals surface area contributed by atoms with E-state index in [9.17, 15) is 4.79 Å². The molecule has 28 heavy (non-hydrogen) atoms. The smallest absolute Gasteiger partial charge is 0.249 e. The third-order valence-corrected chi connectivity index (χ3v) is 4.54. The molecule has 3 N–H and O–H groups in total. The van der Waals surface area contributed by atoms with Crippen LogP contribution in [-0.4, -0.2) is 34.5 Å². The van der Waals surface area contributed by atoms with Crippen LogP contribution in [0.3, 0.4) is 0 Å². The monoisotopic (exact) mass is 372 g/mol. The third kappa shape index (κ3) is 2.60. The molecule has 5 aromatic rings. The molecule has 0 aliphatic heterocycles. The number of aromatic nitrogens is 7. The van der Waals surface area contributed by atoms with Crippen molar-refractivity contribution >= 4 is 28.1 Å². The van der Waals surface area contributed by atoms with Crippen molar-refractivity contribution < 1.29 is 0 Å². The van der Waals surface area contributed by atoms with Gasteiger partial charge in [-0.15, -0.1) is 0 Å². The zero-order chi connectivity index (χ0) is 19.1. The molecule has 4 heterocycles. The molecule has 0 aliphatic rings. The van der Waals surface area contributed by atoms with Crippen molar-refractivity contribution in [1.29, 1.82) is 0 Å². The van der Waals surface area contributed by atoms with Gasteiger partial charge >= 0.3 is 0 Å². The van der Waals surface area contributed by atoms with Crippen LogP contribution in [0.4, 0.5) is 5.82 Å². The van der Waals surface area contributed by atoms with Crippen LogP contribution in [0.15, 0.2) is 59.9 Å². The fourth-order valence-electron chi connectivity index (χ4n) is 3.28. The highest BCUT2D eigenvalue weighted by Gasteiger charge is 2.20. The normalized spacial score (nSPS) is 12.5. The largest absolute Gasteiger partial charge is 0.358 e. The van der Waals surface area contributed by atoms with Crippen LogP contribution in [0.25, 0.3) is 28.0 Å². The molecular formula is C19H16N8O. The van der Waals surface area contributed by atoms with Crippen LogP contribution in [0.1, 0.15) is 18.8 Å². The molecule has 0 bridgehead atoms. The maximum absolute atomic E-state index is 11.9. The summed E-state index contributed by atoms with van der Waals surface area (Å²) in [6.45, 7) is 1.99. The molecule has 0 radical (unpaired) electrons. The first-order valence-electron chi connectivity index (χ1n) is 8.78. The number of nitrogens with zero attached hydrogens (tertiary/aromatic N) is 5. The fourth-order valence-corrected chi connectivity index (χ4v) is 3.28. The molecule has 4 aromatic heterocycles. The Kier molecular flexibility index (Phi) is 3.64. The average molecular weight is 372 g/mol. The predicted molar refractivity (Wildman–Crippen MR) is 105 cm³/mol. The Morgan fingerprint density at radius 2 is 1.93 bits per heavy atom. The number of hydrogen-bond donors (Lipinski definition) is 3. The molecule has 0 amide bonds. The van der Waals surface area contributed by atoms with Gasteiger partial charge < -0.3 is 15.3 Å². The molecule has 1 atom stereocenters. The first kappa shape index (κ1) is 16.2. The number of rotatable bonds is 4. The molecule has 5 rings (SSSR count). The van der Waals surface area contributed by atoms with Crippen molar-refractivity contribution in [3.63, 3.8) is 0 Å². The van der Waals surface area contributed by atoms with Crippen molar-refractivity contribution in [2.75, 3.05) is 5.32 Å². The highest BCUT2D eigenvalue weighted by molar-refractivity contribution is 5.82. The number of pyridine rings is 1. The summed E-state index contributed by atoms with van der Waals surface area (Å²) in [5, 5.41) is 3.38. The van der Waals surface area contributed by atoms with Gasteiger partial charge in [0.15, 0.2) is 11.5 Å². The van der Waals surface area contributed by atoms with Crippen LogP contribution in [0.2, 0.25) is 0 Å². The van der Waals surface area contributed by atoms with Crippen molar-refractivity contribution in [1.82, 2.24) is 34.5 Å². The Morgan fingerprint density at radius 1 is 1.07 bits per heavy atom. The van der Waals surface area contributed by atoms with E-state index in [2.05, 4.69) is 30.2 Å². The zero-order valence-electron chi connectivity index (χ0n) is 14.9. The minimum Gasteiger partial charge on any atom is -0.358 e. The van der Waals surface area contributed by atoms with Crippen molar-refractivity contribution in [2.45, 2.75) is 13.0 Å². The third-order valence-electron chi connectivity index (χ3n) is 4.54. The van der Waals surface area contributed by atoms with Crippen LogP contribution < -0.4 is 10.9 Å². The van der Waals surface area contributed by atoms with Gasteiger partial charge in [0.1, 0.15) is 28.8 Å². The first-order valence-corrected chi connectivity index (χ1v) is 8.78. The molecule has 0 saturated heterocycles. The van der Waals surface area contributed by atoms with Gasteiger partial charge in [-0.2, -0.15) is 0 Å². The number of aromatic amines is 2. The van der Waals surface area contributed by atoms with E-state index >= 15 is 0 Å². The minimum absolute atomic E-state index is 0.174.